The Morgan fingerprint density at radius 2 is 1.50 bits per heavy atom. The van der Waals surface area contributed by atoms with E-state index in [1.807, 2.05) is 24.3 Å². The number of para-hydroxylation sites is 2. The molecule has 1 aliphatic carbocycles. The first-order valence-electron chi connectivity index (χ1n) is 9.12. The van der Waals surface area contributed by atoms with Gasteiger partial charge in [0.05, 0.1) is 25.9 Å². The van der Waals surface area contributed by atoms with E-state index in [4.69, 9.17) is 28.4 Å². The van der Waals surface area contributed by atoms with Crippen LogP contribution in [0.25, 0.3) is 0 Å². The summed E-state index contributed by atoms with van der Waals surface area (Å²) in [6, 6.07) is 7.45. The summed E-state index contributed by atoms with van der Waals surface area (Å²) < 4.78 is 33.9. The third-order valence-electron chi connectivity index (χ3n) is 4.25. The van der Waals surface area contributed by atoms with Gasteiger partial charge in [-0.25, -0.2) is 0 Å². The van der Waals surface area contributed by atoms with Crippen LogP contribution in [0.5, 0.6) is 11.5 Å². The lowest BCUT2D eigenvalue weighted by Gasteiger charge is -2.30. The van der Waals surface area contributed by atoms with Crippen LogP contribution >= 0.6 is 0 Å². The lowest BCUT2D eigenvalue weighted by molar-refractivity contribution is -0.0793. The first-order chi connectivity index (χ1) is 12.9. The molecule has 0 aromatic heterocycles. The highest BCUT2D eigenvalue weighted by Gasteiger charge is 2.26. The topological polar surface area (TPSA) is 55.4 Å². The Labute approximate surface area is 154 Å². The molecule has 2 unspecified atom stereocenters. The molecule has 1 fully saturated rings. The van der Waals surface area contributed by atoms with Crippen LogP contribution in [0, 0.1) is 0 Å². The molecule has 6 heteroatoms. The first-order valence-corrected chi connectivity index (χ1v) is 9.12. The van der Waals surface area contributed by atoms with Gasteiger partial charge in [0.15, 0.2) is 11.5 Å². The molecule has 1 heterocycles. The van der Waals surface area contributed by atoms with Crippen molar-refractivity contribution >= 4 is 0 Å². The fourth-order valence-electron chi connectivity index (χ4n) is 2.99. The van der Waals surface area contributed by atoms with Crippen LogP contribution in [-0.4, -0.2) is 38.6 Å². The van der Waals surface area contributed by atoms with Crippen LogP contribution in [0.2, 0.25) is 0 Å². The summed E-state index contributed by atoms with van der Waals surface area (Å²) in [6.45, 7) is 2.02. The standard InChI is InChI=1S/C20H26O6/c1-2-6-18-17(5-1)23-13-9-21-11-15-25-19-7-3-4-8-20(19)26-16-12-22-10-14-24-18/h1-2,5-6,9,11,13,15,19-20H,3-4,7-8,10,12,14,16H2. The second-order valence-corrected chi connectivity index (χ2v) is 6.07. The summed E-state index contributed by atoms with van der Waals surface area (Å²) in [5.41, 5.74) is 0. The van der Waals surface area contributed by atoms with Gasteiger partial charge >= 0.3 is 0 Å². The second-order valence-electron chi connectivity index (χ2n) is 6.07. The average Bonchev–Trinajstić information content (AvgIpc) is 2.68. The number of benzene rings is 1. The van der Waals surface area contributed by atoms with Crippen molar-refractivity contribution in [3.05, 3.63) is 49.3 Å². The molecule has 0 radical (unpaired) electrons. The van der Waals surface area contributed by atoms with Crippen molar-refractivity contribution in [2.75, 3.05) is 26.4 Å². The van der Waals surface area contributed by atoms with Gasteiger partial charge in [0.25, 0.3) is 0 Å². The number of ether oxygens (including phenoxy) is 6. The van der Waals surface area contributed by atoms with Gasteiger partial charge in [-0.3, -0.25) is 0 Å². The number of hydrogen-bond acceptors (Lipinski definition) is 6. The molecule has 26 heavy (non-hydrogen) atoms. The Bertz CT molecular complexity index is 585. The summed E-state index contributed by atoms with van der Waals surface area (Å²) in [4.78, 5) is 0. The Morgan fingerprint density at radius 3 is 2.42 bits per heavy atom. The smallest absolute Gasteiger partial charge is 0.168 e. The van der Waals surface area contributed by atoms with E-state index in [1.54, 1.807) is 6.26 Å². The Balaban J connectivity index is 1.59. The highest BCUT2D eigenvalue weighted by molar-refractivity contribution is 5.39. The zero-order valence-electron chi connectivity index (χ0n) is 14.9. The molecule has 2 aliphatic rings. The van der Waals surface area contributed by atoms with Gasteiger partial charge in [0.2, 0.25) is 0 Å². The van der Waals surface area contributed by atoms with Gasteiger partial charge in [-0.1, -0.05) is 18.6 Å². The van der Waals surface area contributed by atoms with Crippen LogP contribution in [0.3, 0.4) is 0 Å². The fourth-order valence-corrected chi connectivity index (χ4v) is 2.99. The first kappa shape index (κ1) is 18.6. The molecule has 1 aromatic rings. The van der Waals surface area contributed by atoms with E-state index in [9.17, 15) is 0 Å². The third-order valence-corrected chi connectivity index (χ3v) is 4.25. The van der Waals surface area contributed by atoms with Crippen molar-refractivity contribution in [1.82, 2.24) is 0 Å². The van der Waals surface area contributed by atoms with Crippen molar-refractivity contribution in [3.8, 4) is 11.5 Å². The Hall–Kier alpha value is -2.18. The monoisotopic (exact) mass is 362 g/mol. The van der Waals surface area contributed by atoms with Crippen LogP contribution in [-0.2, 0) is 18.9 Å². The zero-order valence-corrected chi connectivity index (χ0v) is 14.9. The zero-order chi connectivity index (χ0) is 17.9. The van der Waals surface area contributed by atoms with E-state index in [0.29, 0.717) is 37.9 Å². The molecular formula is C20H26O6. The number of fused-ring (bicyclic) bond motifs is 2. The van der Waals surface area contributed by atoms with Crippen LogP contribution < -0.4 is 9.47 Å². The second kappa shape index (κ2) is 10.7. The summed E-state index contributed by atoms with van der Waals surface area (Å²) in [7, 11) is 0. The van der Waals surface area contributed by atoms with Crippen molar-refractivity contribution in [2.24, 2.45) is 0 Å². The largest absolute Gasteiger partial charge is 0.492 e. The summed E-state index contributed by atoms with van der Waals surface area (Å²) >= 11 is 0. The number of hydrogen-bond donors (Lipinski definition) is 0. The van der Waals surface area contributed by atoms with Crippen molar-refractivity contribution in [3.63, 3.8) is 0 Å². The predicted octanol–water partition coefficient (Wildman–Crippen LogP) is 3.78. The third kappa shape index (κ3) is 5.97. The lowest BCUT2D eigenvalue weighted by atomic mass is 9.94. The van der Waals surface area contributed by atoms with E-state index < -0.39 is 0 Å². The van der Waals surface area contributed by atoms with E-state index in [1.165, 1.54) is 25.2 Å². The minimum absolute atomic E-state index is 0.0536. The molecule has 0 N–H and O–H groups in total. The fraction of sp³-hybridized carbons (Fsp3) is 0.500. The van der Waals surface area contributed by atoms with Gasteiger partial charge in [-0.2, -0.15) is 0 Å². The minimum Gasteiger partial charge on any atom is -0.492 e. The lowest BCUT2D eigenvalue weighted by Crippen LogP contribution is -2.34. The molecule has 0 spiro atoms. The van der Waals surface area contributed by atoms with Gasteiger partial charge < -0.3 is 28.4 Å². The highest BCUT2D eigenvalue weighted by atomic mass is 16.6. The molecule has 6 nitrogen and oxygen atoms in total. The molecule has 1 aromatic carbocycles. The summed E-state index contributed by atoms with van der Waals surface area (Å²) in [5, 5.41) is 0. The van der Waals surface area contributed by atoms with Crippen molar-refractivity contribution in [1.29, 1.82) is 0 Å². The summed E-state index contributed by atoms with van der Waals surface area (Å²) in [5.74, 6) is 1.27. The van der Waals surface area contributed by atoms with Crippen LogP contribution in [0.1, 0.15) is 25.7 Å². The Morgan fingerprint density at radius 1 is 0.731 bits per heavy atom. The molecule has 2 atom stereocenters. The van der Waals surface area contributed by atoms with Gasteiger partial charge in [0.1, 0.15) is 37.8 Å². The van der Waals surface area contributed by atoms with Crippen molar-refractivity contribution < 1.29 is 28.4 Å². The van der Waals surface area contributed by atoms with E-state index in [0.717, 1.165) is 19.3 Å². The highest BCUT2D eigenvalue weighted by Crippen LogP contribution is 2.27. The maximum atomic E-state index is 5.95. The normalized spacial score (nSPS) is 25.1. The molecule has 142 valence electrons. The van der Waals surface area contributed by atoms with E-state index in [-0.39, 0.29) is 12.2 Å². The SMILES string of the molecule is C1=COc2ccccc2OCCOCCOC2CCCCC2OC=CO1. The van der Waals surface area contributed by atoms with Crippen molar-refractivity contribution in [2.45, 2.75) is 37.9 Å². The minimum atomic E-state index is 0.0536. The molecule has 1 aliphatic heterocycles. The maximum Gasteiger partial charge on any atom is 0.168 e. The van der Waals surface area contributed by atoms with E-state index >= 15 is 0 Å². The molecule has 3 rings (SSSR count). The van der Waals surface area contributed by atoms with Crippen LogP contribution in [0.4, 0.5) is 0 Å². The van der Waals surface area contributed by atoms with E-state index in [2.05, 4.69) is 0 Å². The Kier molecular flexibility index (Phi) is 7.68. The quantitative estimate of drug-likeness (QED) is 0.700. The molecular weight excluding hydrogens is 336 g/mol. The van der Waals surface area contributed by atoms with Crippen LogP contribution in [0.15, 0.2) is 49.3 Å². The maximum absolute atomic E-state index is 5.95. The van der Waals surface area contributed by atoms with Gasteiger partial charge in [-0.05, 0) is 31.4 Å². The molecule has 0 saturated heterocycles. The van der Waals surface area contributed by atoms with Gasteiger partial charge in [0, 0.05) is 0 Å². The average molecular weight is 362 g/mol. The predicted molar refractivity (Wildman–Crippen MR) is 95.8 cm³/mol. The number of rotatable bonds is 0. The molecule has 1 saturated carbocycles. The summed E-state index contributed by atoms with van der Waals surface area (Å²) in [6.07, 6.45) is 10.4. The molecule has 0 amide bonds. The van der Waals surface area contributed by atoms with Gasteiger partial charge in [-0.15, -0.1) is 0 Å². The molecule has 0 bridgehead atoms.